The fourth-order valence-corrected chi connectivity index (χ4v) is 2.01. The number of anilines is 1. The van der Waals surface area contributed by atoms with E-state index in [0.29, 0.717) is 21.3 Å². The van der Waals surface area contributed by atoms with Crippen molar-refractivity contribution in [1.29, 1.82) is 0 Å². The molecule has 0 bridgehead atoms. The average Bonchev–Trinajstić information content (AvgIpc) is 2.35. The molecule has 2 N–H and O–H groups in total. The van der Waals surface area contributed by atoms with Gasteiger partial charge in [-0.3, -0.25) is 4.98 Å². The van der Waals surface area contributed by atoms with Crippen LogP contribution in [0.25, 0.3) is 0 Å². The molecule has 98 valence electrons. The largest absolute Gasteiger partial charge is 0.457 e. The number of carbonyl (C=O) groups excluding carboxylic acids is 1. The number of esters is 1. The van der Waals surface area contributed by atoms with Crippen LogP contribution in [0.1, 0.15) is 15.9 Å². The van der Waals surface area contributed by atoms with Gasteiger partial charge in [0.15, 0.2) is 0 Å². The van der Waals surface area contributed by atoms with Gasteiger partial charge in [0.05, 0.1) is 11.8 Å². The second kappa shape index (κ2) is 5.79. The Kier molecular flexibility index (Phi) is 4.11. The topological polar surface area (TPSA) is 65.2 Å². The van der Waals surface area contributed by atoms with Crippen LogP contribution in [0.2, 0.25) is 0 Å². The Bertz CT molecular complexity index is 599. The predicted molar refractivity (Wildman–Crippen MR) is 71.9 cm³/mol. The van der Waals surface area contributed by atoms with Crippen molar-refractivity contribution in [1.82, 2.24) is 4.98 Å². The molecule has 0 spiro atoms. The second-order valence-corrected chi connectivity index (χ2v) is 4.78. The molecular formula is C13H10BrFN2O2. The molecule has 0 aliphatic heterocycles. The Morgan fingerprint density at radius 2 is 2.11 bits per heavy atom. The summed E-state index contributed by atoms with van der Waals surface area (Å²) in [6.45, 7) is -0.0456. The minimum Gasteiger partial charge on any atom is -0.457 e. The van der Waals surface area contributed by atoms with Gasteiger partial charge in [-0.25, -0.2) is 9.18 Å². The summed E-state index contributed by atoms with van der Waals surface area (Å²) < 4.78 is 18.6. The van der Waals surface area contributed by atoms with Gasteiger partial charge in [0.1, 0.15) is 12.4 Å². The van der Waals surface area contributed by atoms with Crippen molar-refractivity contribution in [3.05, 3.63) is 58.1 Å². The molecule has 0 aliphatic carbocycles. The smallest absolute Gasteiger partial charge is 0.338 e. The molecule has 1 aromatic carbocycles. The van der Waals surface area contributed by atoms with E-state index in [0.717, 1.165) is 6.20 Å². The van der Waals surface area contributed by atoms with Crippen molar-refractivity contribution in [2.45, 2.75) is 6.61 Å². The number of hydrogen-bond donors (Lipinski definition) is 1. The standard InChI is InChI=1S/C13H10BrFN2O2/c14-10-2-9(3-12(16)4-10)13(18)19-7-8-1-11(15)6-17-5-8/h1-6H,7,16H2. The van der Waals surface area contributed by atoms with E-state index in [-0.39, 0.29) is 6.61 Å². The molecular weight excluding hydrogens is 315 g/mol. The molecule has 4 nitrogen and oxygen atoms in total. The van der Waals surface area contributed by atoms with Crippen LogP contribution in [0.3, 0.4) is 0 Å². The van der Waals surface area contributed by atoms with Crippen molar-refractivity contribution >= 4 is 27.6 Å². The monoisotopic (exact) mass is 324 g/mol. The van der Waals surface area contributed by atoms with Crippen LogP contribution in [0, 0.1) is 5.82 Å². The minimum atomic E-state index is -0.530. The number of benzene rings is 1. The fourth-order valence-electron chi connectivity index (χ4n) is 1.50. The Hall–Kier alpha value is -1.95. The lowest BCUT2D eigenvalue weighted by molar-refractivity contribution is 0.0472. The van der Waals surface area contributed by atoms with Gasteiger partial charge in [-0.1, -0.05) is 15.9 Å². The highest BCUT2D eigenvalue weighted by molar-refractivity contribution is 9.10. The van der Waals surface area contributed by atoms with Crippen molar-refractivity contribution in [3.63, 3.8) is 0 Å². The molecule has 0 unspecified atom stereocenters. The molecule has 0 atom stereocenters. The molecule has 0 saturated heterocycles. The number of aromatic nitrogens is 1. The second-order valence-electron chi connectivity index (χ2n) is 3.86. The molecule has 0 amide bonds. The van der Waals surface area contributed by atoms with Crippen molar-refractivity contribution in [2.75, 3.05) is 5.73 Å². The predicted octanol–water partition coefficient (Wildman–Crippen LogP) is 2.92. The van der Waals surface area contributed by atoms with Gasteiger partial charge in [0.2, 0.25) is 0 Å². The van der Waals surface area contributed by atoms with Crippen LogP contribution in [0.5, 0.6) is 0 Å². The number of halogens is 2. The molecule has 0 saturated carbocycles. The zero-order valence-electron chi connectivity index (χ0n) is 9.77. The van der Waals surface area contributed by atoms with Crippen molar-refractivity contribution in [2.24, 2.45) is 0 Å². The van der Waals surface area contributed by atoms with Crippen LogP contribution in [-0.4, -0.2) is 11.0 Å². The zero-order chi connectivity index (χ0) is 13.8. The van der Waals surface area contributed by atoms with Crippen molar-refractivity contribution < 1.29 is 13.9 Å². The highest BCUT2D eigenvalue weighted by atomic mass is 79.9. The zero-order valence-corrected chi connectivity index (χ0v) is 11.4. The van der Waals surface area contributed by atoms with Gasteiger partial charge in [0, 0.05) is 21.9 Å². The number of hydrogen-bond acceptors (Lipinski definition) is 4. The third-order valence-electron chi connectivity index (χ3n) is 2.29. The molecule has 2 rings (SSSR count). The molecule has 19 heavy (non-hydrogen) atoms. The molecule has 0 aliphatic rings. The SMILES string of the molecule is Nc1cc(Br)cc(C(=O)OCc2cncc(F)c2)c1. The average molecular weight is 325 g/mol. The van der Waals surface area contributed by atoms with Crippen LogP contribution in [-0.2, 0) is 11.3 Å². The molecule has 6 heteroatoms. The maximum atomic E-state index is 12.9. The quantitative estimate of drug-likeness (QED) is 0.696. The van der Waals surface area contributed by atoms with Crippen LogP contribution in [0.4, 0.5) is 10.1 Å². The lowest BCUT2D eigenvalue weighted by Crippen LogP contribution is -2.06. The molecule has 0 radical (unpaired) electrons. The van der Waals surface area contributed by atoms with E-state index in [4.69, 9.17) is 10.5 Å². The minimum absolute atomic E-state index is 0.0456. The van der Waals surface area contributed by atoms with Crippen LogP contribution < -0.4 is 5.73 Å². The molecule has 0 fully saturated rings. The Morgan fingerprint density at radius 3 is 2.79 bits per heavy atom. The Labute approximate surface area is 117 Å². The molecule has 2 aromatic rings. The summed E-state index contributed by atoms with van der Waals surface area (Å²) >= 11 is 3.24. The summed E-state index contributed by atoms with van der Waals surface area (Å²) in [6, 6.07) is 6.04. The van der Waals surface area contributed by atoms with Gasteiger partial charge in [0.25, 0.3) is 0 Å². The maximum absolute atomic E-state index is 12.9. The summed E-state index contributed by atoms with van der Waals surface area (Å²) in [4.78, 5) is 15.5. The van der Waals surface area contributed by atoms with E-state index >= 15 is 0 Å². The summed E-state index contributed by atoms with van der Waals surface area (Å²) in [5.74, 6) is -1.00. The van der Waals surface area contributed by atoms with Crippen LogP contribution in [0.15, 0.2) is 41.1 Å². The van der Waals surface area contributed by atoms with E-state index in [1.54, 1.807) is 12.1 Å². The lowest BCUT2D eigenvalue weighted by Gasteiger charge is -2.06. The number of rotatable bonds is 3. The van der Waals surface area contributed by atoms with E-state index in [2.05, 4.69) is 20.9 Å². The lowest BCUT2D eigenvalue weighted by atomic mass is 10.2. The van der Waals surface area contributed by atoms with Gasteiger partial charge in [-0.05, 0) is 24.3 Å². The first kappa shape index (κ1) is 13.5. The highest BCUT2D eigenvalue weighted by Gasteiger charge is 2.09. The summed E-state index contributed by atoms with van der Waals surface area (Å²) in [6.07, 6.45) is 2.52. The number of nitrogen functional groups attached to an aromatic ring is 1. The fraction of sp³-hybridized carbons (Fsp3) is 0.0769. The first-order valence-electron chi connectivity index (χ1n) is 5.37. The van der Waals surface area contributed by atoms with Gasteiger partial charge in [-0.2, -0.15) is 0 Å². The first-order chi connectivity index (χ1) is 9.04. The Balaban J connectivity index is 2.05. The third-order valence-corrected chi connectivity index (χ3v) is 2.75. The Morgan fingerprint density at radius 1 is 1.32 bits per heavy atom. The number of nitrogens with zero attached hydrogens (tertiary/aromatic N) is 1. The van der Waals surface area contributed by atoms with E-state index in [1.807, 2.05) is 0 Å². The first-order valence-corrected chi connectivity index (χ1v) is 6.16. The number of nitrogens with two attached hydrogens (primary N) is 1. The van der Waals surface area contributed by atoms with Gasteiger partial charge < -0.3 is 10.5 Å². The summed E-state index contributed by atoms with van der Waals surface area (Å²) in [5, 5.41) is 0. The van der Waals surface area contributed by atoms with E-state index in [9.17, 15) is 9.18 Å². The summed E-state index contributed by atoms with van der Waals surface area (Å²) in [7, 11) is 0. The maximum Gasteiger partial charge on any atom is 0.338 e. The van der Waals surface area contributed by atoms with Crippen LogP contribution >= 0.6 is 15.9 Å². The van der Waals surface area contributed by atoms with Crippen molar-refractivity contribution in [3.8, 4) is 0 Å². The number of pyridine rings is 1. The molecule has 1 aromatic heterocycles. The van der Waals surface area contributed by atoms with Gasteiger partial charge >= 0.3 is 5.97 Å². The van der Waals surface area contributed by atoms with Gasteiger partial charge in [-0.15, -0.1) is 0 Å². The third kappa shape index (κ3) is 3.75. The summed E-state index contributed by atoms with van der Waals surface area (Å²) in [5.41, 5.74) is 6.89. The highest BCUT2D eigenvalue weighted by Crippen LogP contribution is 2.18. The number of ether oxygens (including phenoxy) is 1. The van der Waals surface area contributed by atoms with E-state index < -0.39 is 11.8 Å². The van der Waals surface area contributed by atoms with E-state index in [1.165, 1.54) is 18.3 Å². The number of carbonyl (C=O) groups is 1. The normalized spacial score (nSPS) is 10.2. The molecule has 1 heterocycles.